The van der Waals surface area contributed by atoms with Crippen molar-refractivity contribution >= 4 is 21.4 Å². The molecule has 2 aromatic heterocycles. The van der Waals surface area contributed by atoms with Gasteiger partial charge in [-0.3, -0.25) is 4.57 Å². The lowest BCUT2D eigenvalue weighted by Gasteiger charge is -2.02. The largest absolute Gasteiger partial charge is 0.347 e. The Labute approximate surface area is 102 Å². The molecule has 0 aliphatic rings. The summed E-state index contributed by atoms with van der Waals surface area (Å²) in [6, 6.07) is 10.00. The fraction of sp³-hybridized carbons (Fsp3) is 0.0769. The Morgan fingerprint density at radius 2 is 2.12 bits per heavy atom. The van der Waals surface area contributed by atoms with E-state index in [-0.39, 0.29) is 5.69 Å². The predicted octanol–water partition coefficient (Wildman–Crippen LogP) is 2.51. The quantitative estimate of drug-likeness (QED) is 0.692. The van der Waals surface area contributed by atoms with E-state index in [9.17, 15) is 4.79 Å². The number of aromatic nitrogens is 2. The maximum Gasteiger partial charge on any atom is 0.347 e. The standard InChI is InChI=1S/C13H10N2OS/c16-13-14-6-3-7-15(13)8-10-9-17-12-5-2-1-4-11(10)12/h1-7,9H,8H2. The van der Waals surface area contributed by atoms with Gasteiger partial charge in [0.15, 0.2) is 0 Å². The number of hydrogen-bond acceptors (Lipinski definition) is 3. The van der Waals surface area contributed by atoms with Crippen LogP contribution in [0.2, 0.25) is 0 Å². The average Bonchev–Trinajstić information content (AvgIpc) is 2.76. The highest BCUT2D eigenvalue weighted by Gasteiger charge is 2.04. The first-order chi connectivity index (χ1) is 8.34. The number of benzene rings is 1. The fourth-order valence-corrected chi connectivity index (χ4v) is 2.80. The van der Waals surface area contributed by atoms with Crippen molar-refractivity contribution in [3.05, 3.63) is 64.2 Å². The van der Waals surface area contributed by atoms with Crippen molar-refractivity contribution in [2.45, 2.75) is 6.54 Å². The van der Waals surface area contributed by atoms with Gasteiger partial charge in [-0.2, -0.15) is 0 Å². The number of nitrogens with zero attached hydrogens (tertiary/aromatic N) is 2. The molecule has 0 radical (unpaired) electrons. The van der Waals surface area contributed by atoms with Crippen LogP contribution in [-0.4, -0.2) is 9.55 Å². The minimum atomic E-state index is -0.206. The maximum absolute atomic E-state index is 11.5. The molecule has 2 heterocycles. The monoisotopic (exact) mass is 242 g/mol. The van der Waals surface area contributed by atoms with Gasteiger partial charge in [0.1, 0.15) is 0 Å². The highest BCUT2D eigenvalue weighted by atomic mass is 32.1. The van der Waals surface area contributed by atoms with Gasteiger partial charge in [0.05, 0.1) is 6.54 Å². The fourth-order valence-electron chi connectivity index (χ4n) is 1.85. The lowest BCUT2D eigenvalue weighted by molar-refractivity contribution is 0.732. The molecule has 0 fully saturated rings. The molecule has 0 saturated heterocycles. The third kappa shape index (κ3) is 1.87. The first-order valence-corrected chi connectivity index (χ1v) is 6.19. The van der Waals surface area contributed by atoms with Crippen molar-refractivity contribution in [2.24, 2.45) is 0 Å². The van der Waals surface area contributed by atoms with Crippen molar-refractivity contribution in [2.75, 3.05) is 0 Å². The van der Waals surface area contributed by atoms with Crippen LogP contribution >= 0.6 is 11.3 Å². The zero-order chi connectivity index (χ0) is 11.7. The predicted molar refractivity (Wildman–Crippen MR) is 69.4 cm³/mol. The number of hydrogen-bond donors (Lipinski definition) is 0. The molecule has 84 valence electrons. The first kappa shape index (κ1) is 10.2. The van der Waals surface area contributed by atoms with Crippen LogP contribution in [0.5, 0.6) is 0 Å². The van der Waals surface area contributed by atoms with Crippen molar-refractivity contribution in [1.29, 1.82) is 0 Å². The number of thiophene rings is 1. The summed E-state index contributed by atoms with van der Waals surface area (Å²) in [4.78, 5) is 15.3. The molecule has 0 aliphatic carbocycles. The second-order valence-corrected chi connectivity index (χ2v) is 4.70. The molecule has 0 aliphatic heterocycles. The molecule has 3 nitrogen and oxygen atoms in total. The van der Waals surface area contributed by atoms with Crippen LogP contribution in [0.15, 0.2) is 52.9 Å². The van der Waals surface area contributed by atoms with E-state index < -0.39 is 0 Å². The molecule has 0 unspecified atom stereocenters. The zero-order valence-corrected chi connectivity index (χ0v) is 9.85. The molecular weight excluding hydrogens is 232 g/mol. The Bertz CT molecular complexity index is 714. The molecule has 17 heavy (non-hydrogen) atoms. The molecule has 4 heteroatoms. The average molecular weight is 242 g/mol. The Morgan fingerprint density at radius 3 is 3.00 bits per heavy atom. The molecule has 0 atom stereocenters. The molecule has 0 bridgehead atoms. The van der Waals surface area contributed by atoms with Crippen molar-refractivity contribution in [3.63, 3.8) is 0 Å². The zero-order valence-electron chi connectivity index (χ0n) is 9.04. The van der Waals surface area contributed by atoms with Crippen LogP contribution in [0.4, 0.5) is 0 Å². The van der Waals surface area contributed by atoms with E-state index in [1.54, 1.807) is 28.2 Å². The highest BCUT2D eigenvalue weighted by molar-refractivity contribution is 7.17. The Hall–Kier alpha value is -1.94. The number of fused-ring (bicyclic) bond motifs is 1. The van der Waals surface area contributed by atoms with E-state index in [0.717, 1.165) is 0 Å². The minimum absolute atomic E-state index is 0.206. The smallest absolute Gasteiger partial charge is 0.295 e. The summed E-state index contributed by atoms with van der Waals surface area (Å²) in [5.74, 6) is 0. The van der Waals surface area contributed by atoms with Gasteiger partial charge in [0.2, 0.25) is 0 Å². The summed E-state index contributed by atoms with van der Waals surface area (Å²) in [5.41, 5.74) is 0.962. The van der Waals surface area contributed by atoms with Crippen LogP contribution in [0.3, 0.4) is 0 Å². The summed E-state index contributed by atoms with van der Waals surface area (Å²) in [5, 5.41) is 3.32. The van der Waals surface area contributed by atoms with Gasteiger partial charge >= 0.3 is 5.69 Å². The summed E-state index contributed by atoms with van der Waals surface area (Å²) in [6.45, 7) is 0.580. The molecule has 3 rings (SSSR count). The molecular formula is C13H10N2OS. The van der Waals surface area contributed by atoms with Crippen LogP contribution in [0, 0.1) is 0 Å². The van der Waals surface area contributed by atoms with Crippen LogP contribution in [0.25, 0.3) is 10.1 Å². The van der Waals surface area contributed by atoms with Gasteiger partial charge in [-0.1, -0.05) is 18.2 Å². The summed E-state index contributed by atoms with van der Waals surface area (Å²) >= 11 is 1.70. The molecule has 0 N–H and O–H groups in total. The van der Waals surface area contributed by atoms with Crippen molar-refractivity contribution < 1.29 is 0 Å². The summed E-state index contributed by atoms with van der Waals surface area (Å²) in [7, 11) is 0. The van der Waals surface area contributed by atoms with E-state index in [0.29, 0.717) is 6.54 Å². The summed E-state index contributed by atoms with van der Waals surface area (Å²) < 4.78 is 2.87. The van der Waals surface area contributed by atoms with Gasteiger partial charge in [-0.15, -0.1) is 11.3 Å². The van der Waals surface area contributed by atoms with E-state index >= 15 is 0 Å². The lowest BCUT2D eigenvalue weighted by atomic mass is 10.2. The van der Waals surface area contributed by atoms with E-state index in [1.165, 1.54) is 21.8 Å². The van der Waals surface area contributed by atoms with E-state index in [1.807, 2.05) is 12.1 Å². The SMILES string of the molecule is O=c1ncccn1Cc1csc2ccccc12. The Morgan fingerprint density at radius 1 is 1.24 bits per heavy atom. The number of rotatable bonds is 2. The van der Waals surface area contributed by atoms with E-state index in [4.69, 9.17) is 0 Å². The van der Waals surface area contributed by atoms with Crippen LogP contribution in [0.1, 0.15) is 5.56 Å². The second kappa shape index (κ2) is 4.14. The normalized spacial score (nSPS) is 10.8. The van der Waals surface area contributed by atoms with Gasteiger partial charge in [0.25, 0.3) is 0 Å². The second-order valence-electron chi connectivity index (χ2n) is 3.79. The van der Waals surface area contributed by atoms with Crippen LogP contribution < -0.4 is 5.69 Å². The third-order valence-electron chi connectivity index (χ3n) is 2.68. The maximum atomic E-state index is 11.5. The molecule has 0 spiro atoms. The third-order valence-corrected chi connectivity index (χ3v) is 3.70. The van der Waals surface area contributed by atoms with Gasteiger partial charge < -0.3 is 0 Å². The van der Waals surface area contributed by atoms with Crippen molar-refractivity contribution in [3.8, 4) is 0 Å². The van der Waals surface area contributed by atoms with E-state index in [2.05, 4.69) is 22.5 Å². The first-order valence-electron chi connectivity index (χ1n) is 5.31. The Balaban J connectivity index is 2.06. The summed E-state index contributed by atoms with van der Waals surface area (Å²) in [6.07, 6.45) is 3.28. The molecule has 1 aromatic carbocycles. The van der Waals surface area contributed by atoms with Gasteiger partial charge in [-0.25, -0.2) is 9.78 Å². The topological polar surface area (TPSA) is 34.9 Å². The minimum Gasteiger partial charge on any atom is -0.295 e. The highest BCUT2D eigenvalue weighted by Crippen LogP contribution is 2.25. The van der Waals surface area contributed by atoms with Gasteiger partial charge in [-0.05, 0) is 28.5 Å². The lowest BCUT2D eigenvalue weighted by Crippen LogP contribution is -2.21. The Kier molecular flexibility index (Phi) is 2.49. The molecule has 0 saturated carbocycles. The van der Waals surface area contributed by atoms with Crippen molar-refractivity contribution in [1.82, 2.24) is 9.55 Å². The molecule has 3 aromatic rings. The van der Waals surface area contributed by atoms with Gasteiger partial charge in [0, 0.05) is 17.1 Å². The molecule has 0 amide bonds. The van der Waals surface area contributed by atoms with Crippen LogP contribution in [-0.2, 0) is 6.54 Å².